The number of nitrogens with one attached hydrogen (secondary N) is 1. The number of amides is 1. The molecule has 0 aliphatic heterocycles. The smallest absolute Gasteiger partial charge is 0.318 e. The van der Waals surface area contributed by atoms with Crippen LogP contribution in [0.4, 0.5) is 11.4 Å². The van der Waals surface area contributed by atoms with Gasteiger partial charge in [0, 0.05) is 29.7 Å². The first kappa shape index (κ1) is 23.8. The van der Waals surface area contributed by atoms with Crippen molar-refractivity contribution in [1.29, 1.82) is 0 Å². The molecule has 3 aromatic carbocycles. The number of carbonyl (C=O) groups is 1. The molecule has 0 saturated carbocycles. The highest BCUT2D eigenvalue weighted by molar-refractivity contribution is 6.01. The summed E-state index contributed by atoms with van der Waals surface area (Å²) in [5.41, 5.74) is 4.19. The van der Waals surface area contributed by atoms with Crippen LogP contribution in [-0.2, 0) is 0 Å². The number of benzene rings is 3. The average Bonchev–Trinajstić information content (AvgIpc) is 3.43. The summed E-state index contributed by atoms with van der Waals surface area (Å²) >= 11 is 0. The Balaban J connectivity index is 1.41. The molecule has 180 valence electrons. The highest BCUT2D eigenvalue weighted by Crippen LogP contribution is 2.34. The van der Waals surface area contributed by atoms with Gasteiger partial charge in [-0.1, -0.05) is 0 Å². The molecule has 1 aromatic heterocycles. The van der Waals surface area contributed by atoms with Crippen LogP contribution in [-0.4, -0.2) is 26.0 Å². The number of hydrogen-bond donors (Lipinski definition) is 1. The van der Waals surface area contributed by atoms with E-state index in [-0.39, 0.29) is 17.4 Å². The normalized spacial score (nSPS) is 11.1. The van der Waals surface area contributed by atoms with E-state index in [0.717, 1.165) is 17.8 Å². The van der Waals surface area contributed by atoms with Crippen LogP contribution in [0.15, 0.2) is 96.4 Å². The molecule has 0 radical (unpaired) electrons. The molecule has 0 atom stereocenters. The zero-order chi connectivity index (χ0) is 25.7. The Labute approximate surface area is 204 Å². The lowest BCUT2D eigenvalue weighted by Gasteiger charge is -2.08. The number of carbonyl (C=O) groups excluding carboxylic acids is 1. The molecule has 0 spiro atoms. The fourth-order valence-corrected chi connectivity index (χ4v) is 3.29. The van der Waals surface area contributed by atoms with Crippen LogP contribution in [0, 0.1) is 20.2 Å². The van der Waals surface area contributed by atoms with Crippen molar-refractivity contribution in [3.05, 3.63) is 123 Å². The van der Waals surface area contributed by atoms with Crippen LogP contribution >= 0.6 is 0 Å². The molecule has 1 amide bonds. The third kappa shape index (κ3) is 5.42. The Kier molecular flexibility index (Phi) is 6.82. The van der Waals surface area contributed by atoms with Gasteiger partial charge in [0.2, 0.25) is 5.75 Å². The maximum Gasteiger partial charge on any atom is 0.318 e. The van der Waals surface area contributed by atoms with Crippen molar-refractivity contribution in [2.75, 3.05) is 0 Å². The molecule has 1 heterocycles. The highest BCUT2D eigenvalue weighted by atomic mass is 16.6. The zero-order valence-electron chi connectivity index (χ0n) is 18.9. The van der Waals surface area contributed by atoms with E-state index >= 15 is 0 Å². The summed E-state index contributed by atoms with van der Waals surface area (Å²) in [5.74, 6) is -0.201. The number of nitro benzene ring substituents is 2. The predicted octanol–water partition coefficient (Wildman–Crippen LogP) is 5.24. The Morgan fingerprint density at radius 3 is 2.14 bits per heavy atom. The first-order chi connectivity index (χ1) is 17.3. The molecule has 11 heteroatoms. The van der Waals surface area contributed by atoms with E-state index in [0.29, 0.717) is 16.8 Å². The number of non-ortho nitro benzene ring substituents is 1. The summed E-state index contributed by atoms with van der Waals surface area (Å²) in [6.45, 7) is 1.71. The van der Waals surface area contributed by atoms with Crippen molar-refractivity contribution >= 4 is 23.0 Å². The maximum atomic E-state index is 12.4. The predicted molar refractivity (Wildman–Crippen MR) is 132 cm³/mol. The van der Waals surface area contributed by atoms with Gasteiger partial charge < -0.3 is 9.30 Å². The van der Waals surface area contributed by atoms with E-state index in [2.05, 4.69) is 10.5 Å². The second kappa shape index (κ2) is 10.3. The van der Waals surface area contributed by atoms with Gasteiger partial charge in [-0.05, 0) is 79.2 Å². The van der Waals surface area contributed by atoms with Gasteiger partial charge in [-0.15, -0.1) is 0 Å². The molecule has 0 unspecified atom stereocenters. The number of hydrazone groups is 1. The second-order valence-corrected chi connectivity index (χ2v) is 7.57. The Bertz CT molecular complexity index is 1450. The molecule has 0 aliphatic carbocycles. The van der Waals surface area contributed by atoms with Gasteiger partial charge in [0.15, 0.2) is 0 Å². The van der Waals surface area contributed by atoms with Gasteiger partial charge in [-0.3, -0.25) is 25.0 Å². The van der Waals surface area contributed by atoms with Gasteiger partial charge in [-0.2, -0.15) is 5.10 Å². The minimum atomic E-state index is -0.746. The van der Waals surface area contributed by atoms with Crippen LogP contribution in [0.5, 0.6) is 11.5 Å². The van der Waals surface area contributed by atoms with Crippen molar-refractivity contribution < 1.29 is 19.4 Å². The third-order valence-corrected chi connectivity index (χ3v) is 5.21. The summed E-state index contributed by atoms with van der Waals surface area (Å²) in [5, 5.41) is 26.3. The number of aromatic nitrogens is 1. The third-order valence-electron chi connectivity index (χ3n) is 5.21. The summed E-state index contributed by atoms with van der Waals surface area (Å²) in [6.07, 6.45) is 3.82. The average molecular weight is 485 g/mol. The standard InChI is InChI=1S/C25H19N5O6/c1-17(26-27-25(31)19-4-8-20(9-5-19)28-14-2-3-15-28)18-6-11-22(12-7-18)36-24-13-10-21(29(32)33)16-23(24)30(34)35/h2-16H,1H3,(H,27,31)/b26-17+. The number of nitrogens with zero attached hydrogens (tertiary/aromatic N) is 4. The minimum absolute atomic E-state index is 0.126. The number of hydrogen-bond acceptors (Lipinski definition) is 7. The van der Waals surface area contributed by atoms with Gasteiger partial charge in [0.1, 0.15) is 5.75 Å². The van der Waals surface area contributed by atoms with Gasteiger partial charge in [-0.25, -0.2) is 5.43 Å². The lowest BCUT2D eigenvalue weighted by Crippen LogP contribution is -2.19. The molecule has 0 aliphatic rings. The van der Waals surface area contributed by atoms with E-state index in [1.807, 2.05) is 41.2 Å². The Morgan fingerprint density at radius 1 is 0.889 bits per heavy atom. The topological polar surface area (TPSA) is 142 Å². The molecule has 1 N–H and O–H groups in total. The lowest BCUT2D eigenvalue weighted by atomic mass is 10.1. The molecule has 4 aromatic rings. The molecule has 11 nitrogen and oxygen atoms in total. The summed E-state index contributed by atoms with van der Waals surface area (Å²) in [4.78, 5) is 33.1. The van der Waals surface area contributed by atoms with Gasteiger partial charge >= 0.3 is 5.69 Å². The first-order valence-electron chi connectivity index (χ1n) is 10.6. The van der Waals surface area contributed by atoms with Crippen molar-refractivity contribution in [3.8, 4) is 17.2 Å². The summed E-state index contributed by atoms with van der Waals surface area (Å²) < 4.78 is 7.48. The molecule has 0 bridgehead atoms. The van der Waals surface area contributed by atoms with Crippen LogP contribution in [0.25, 0.3) is 5.69 Å². The van der Waals surface area contributed by atoms with E-state index in [4.69, 9.17) is 4.74 Å². The first-order valence-corrected chi connectivity index (χ1v) is 10.6. The SMILES string of the molecule is C/C(=N\NC(=O)c1ccc(-n2cccc2)cc1)c1ccc(Oc2ccc([N+](=O)[O-])cc2[N+](=O)[O-])cc1. The quantitative estimate of drug-likeness (QED) is 0.205. The summed E-state index contributed by atoms with van der Waals surface area (Å²) in [6, 6.07) is 20.5. The maximum absolute atomic E-state index is 12.4. The molecule has 4 rings (SSSR count). The van der Waals surface area contributed by atoms with Crippen LogP contribution in [0.2, 0.25) is 0 Å². The van der Waals surface area contributed by atoms with Crippen LogP contribution in [0.3, 0.4) is 0 Å². The number of rotatable bonds is 8. The number of nitro groups is 2. The lowest BCUT2D eigenvalue weighted by molar-refractivity contribution is -0.394. The molecule has 0 saturated heterocycles. The van der Waals surface area contributed by atoms with E-state index in [1.54, 1.807) is 43.3 Å². The molecule has 36 heavy (non-hydrogen) atoms. The van der Waals surface area contributed by atoms with Crippen LogP contribution < -0.4 is 10.2 Å². The van der Waals surface area contributed by atoms with Crippen molar-refractivity contribution in [1.82, 2.24) is 9.99 Å². The van der Waals surface area contributed by atoms with Crippen molar-refractivity contribution in [3.63, 3.8) is 0 Å². The minimum Gasteiger partial charge on any atom is -0.450 e. The monoisotopic (exact) mass is 485 g/mol. The Hall–Kier alpha value is -5.32. The molecular weight excluding hydrogens is 466 g/mol. The summed E-state index contributed by atoms with van der Waals surface area (Å²) in [7, 11) is 0. The van der Waals surface area contributed by atoms with E-state index in [9.17, 15) is 25.0 Å². The second-order valence-electron chi connectivity index (χ2n) is 7.57. The fraction of sp³-hybridized carbons (Fsp3) is 0.0400. The van der Waals surface area contributed by atoms with E-state index in [1.165, 1.54) is 6.07 Å². The molecular formula is C25H19N5O6. The van der Waals surface area contributed by atoms with Gasteiger partial charge in [0.25, 0.3) is 11.6 Å². The molecule has 0 fully saturated rings. The van der Waals surface area contributed by atoms with Crippen LogP contribution in [0.1, 0.15) is 22.8 Å². The van der Waals surface area contributed by atoms with Crippen molar-refractivity contribution in [2.24, 2.45) is 5.10 Å². The van der Waals surface area contributed by atoms with Crippen molar-refractivity contribution in [2.45, 2.75) is 6.92 Å². The largest absolute Gasteiger partial charge is 0.450 e. The van der Waals surface area contributed by atoms with E-state index < -0.39 is 21.2 Å². The fourth-order valence-electron chi connectivity index (χ4n) is 3.29. The highest BCUT2D eigenvalue weighted by Gasteiger charge is 2.21. The van der Waals surface area contributed by atoms with Gasteiger partial charge in [0.05, 0.1) is 21.6 Å². The number of ether oxygens (including phenoxy) is 1. The zero-order valence-corrected chi connectivity index (χ0v) is 18.9. The Morgan fingerprint density at radius 2 is 1.53 bits per heavy atom.